The second-order valence-electron chi connectivity index (χ2n) is 6.57. The van der Waals surface area contributed by atoms with Crippen LogP contribution in [0.3, 0.4) is 0 Å². The number of nitrogens with zero attached hydrogens (tertiary/aromatic N) is 1. The van der Waals surface area contributed by atoms with Gasteiger partial charge >= 0.3 is 0 Å². The van der Waals surface area contributed by atoms with E-state index >= 15 is 0 Å². The molecule has 0 aliphatic carbocycles. The Hall–Kier alpha value is -3.10. The van der Waals surface area contributed by atoms with E-state index in [1.165, 1.54) is 12.1 Å². The normalized spacial score (nSPS) is 16.1. The zero-order chi connectivity index (χ0) is 19.2. The fraction of sp³-hybridized carbons (Fsp3) is 0.227. The van der Waals surface area contributed by atoms with Crippen LogP contribution in [0.5, 0.6) is 0 Å². The minimum atomic E-state index is -0.522. The van der Waals surface area contributed by atoms with Gasteiger partial charge in [-0.15, -0.1) is 0 Å². The van der Waals surface area contributed by atoms with Gasteiger partial charge in [0.2, 0.25) is 0 Å². The molecule has 1 aliphatic heterocycles. The van der Waals surface area contributed by atoms with Crippen LogP contribution in [-0.2, 0) is 0 Å². The van der Waals surface area contributed by atoms with Gasteiger partial charge in [-0.3, -0.25) is 0 Å². The Morgan fingerprint density at radius 3 is 2.63 bits per heavy atom. The third kappa shape index (κ3) is 4.18. The average Bonchev–Trinajstić information content (AvgIpc) is 2.69. The summed E-state index contributed by atoms with van der Waals surface area (Å²) in [4.78, 5) is 0. The van der Waals surface area contributed by atoms with Gasteiger partial charge in [-0.25, -0.2) is 4.39 Å². The molecular formula is C22H23FN4. The van der Waals surface area contributed by atoms with Crippen molar-refractivity contribution in [2.75, 3.05) is 18.4 Å². The maximum absolute atomic E-state index is 14.1. The Labute approximate surface area is 158 Å². The summed E-state index contributed by atoms with van der Waals surface area (Å²) in [5.74, 6) is -0.522. The molecule has 27 heavy (non-hydrogen) atoms. The van der Waals surface area contributed by atoms with Crippen molar-refractivity contribution in [3.05, 3.63) is 64.8 Å². The maximum Gasteiger partial charge on any atom is 0.141 e. The van der Waals surface area contributed by atoms with E-state index < -0.39 is 5.82 Å². The summed E-state index contributed by atoms with van der Waals surface area (Å²) in [6.07, 6.45) is 7.23. The molecule has 0 bridgehead atoms. The van der Waals surface area contributed by atoms with Crippen molar-refractivity contribution in [2.45, 2.75) is 18.9 Å². The van der Waals surface area contributed by atoms with Crippen LogP contribution < -0.4 is 26.8 Å². The highest BCUT2D eigenvalue weighted by atomic mass is 19.1. The van der Waals surface area contributed by atoms with Gasteiger partial charge in [0.1, 0.15) is 11.9 Å². The topological polar surface area (TPSA) is 73.9 Å². The van der Waals surface area contributed by atoms with Gasteiger partial charge in [0.05, 0.1) is 5.56 Å². The first-order chi connectivity index (χ1) is 13.2. The number of nitrogens with one attached hydrogen (secondary N) is 2. The second kappa shape index (κ2) is 8.52. The van der Waals surface area contributed by atoms with E-state index in [1.54, 1.807) is 18.3 Å². The molecule has 0 saturated carbocycles. The summed E-state index contributed by atoms with van der Waals surface area (Å²) >= 11 is 0. The van der Waals surface area contributed by atoms with Crippen molar-refractivity contribution < 1.29 is 4.39 Å². The fourth-order valence-corrected chi connectivity index (χ4v) is 3.38. The largest absolute Gasteiger partial charge is 0.404 e. The number of anilines is 1. The quantitative estimate of drug-likeness (QED) is 0.780. The highest BCUT2D eigenvalue weighted by molar-refractivity contribution is 5.71. The van der Waals surface area contributed by atoms with Gasteiger partial charge in [-0.1, -0.05) is 24.8 Å². The van der Waals surface area contributed by atoms with Crippen molar-refractivity contribution >= 4 is 18.0 Å². The highest BCUT2D eigenvalue weighted by Gasteiger charge is 2.14. The molecule has 2 aromatic rings. The average molecular weight is 362 g/mol. The molecule has 0 amide bonds. The van der Waals surface area contributed by atoms with Gasteiger partial charge in [-0.05, 0) is 66.5 Å². The molecular weight excluding hydrogens is 339 g/mol. The number of benzene rings is 2. The van der Waals surface area contributed by atoms with Crippen LogP contribution >= 0.6 is 0 Å². The summed E-state index contributed by atoms with van der Waals surface area (Å²) in [7, 11) is 0. The van der Waals surface area contributed by atoms with Crippen molar-refractivity contribution in [1.82, 2.24) is 5.32 Å². The fourth-order valence-electron chi connectivity index (χ4n) is 3.38. The predicted molar refractivity (Wildman–Crippen MR) is 109 cm³/mol. The van der Waals surface area contributed by atoms with E-state index in [0.717, 1.165) is 47.6 Å². The van der Waals surface area contributed by atoms with E-state index in [9.17, 15) is 4.39 Å². The summed E-state index contributed by atoms with van der Waals surface area (Å²) in [6, 6.07) is 10.8. The molecule has 1 fully saturated rings. The number of piperidine rings is 1. The SMILES string of the molecule is C=C/C=c1/cc(-c2ccc(C#N)c(F)c2)cc(NC2CCNCC2)/c1=C/N. The molecule has 3 rings (SSSR count). The molecule has 0 atom stereocenters. The van der Waals surface area contributed by atoms with Crippen LogP contribution in [0.4, 0.5) is 10.1 Å². The van der Waals surface area contributed by atoms with Crippen molar-refractivity contribution in [1.29, 1.82) is 5.26 Å². The van der Waals surface area contributed by atoms with Crippen LogP contribution in [-0.4, -0.2) is 19.1 Å². The monoisotopic (exact) mass is 362 g/mol. The molecule has 0 spiro atoms. The number of rotatable bonds is 4. The number of halogens is 1. The highest BCUT2D eigenvalue weighted by Crippen LogP contribution is 2.23. The van der Waals surface area contributed by atoms with E-state index in [2.05, 4.69) is 17.2 Å². The van der Waals surface area contributed by atoms with Gasteiger partial charge in [0, 0.05) is 23.1 Å². The van der Waals surface area contributed by atoms with E-state index in [4.69, 9.17) is 11.0 Å². The first kappa shape index (κ1) is 18.7. The lowest BCUT2D eigenvalue weighted by Gasteiger charge is -2.25. The lowest BCUT2D eigenvalue weighted by atomic mass is 9.99. The second-order valence-corrected chi connectivity index (χ2v) is 6.57. The molecule has 1 aliphatic rings. The lowest BCUT2D eigenvalue weighted by molar-refractivity contribution is 0.479. The number of nitrogens with two attached hydrogens (primary N) is 1. The summed E-state index contributed by atoms with van der Waals surface area (Å²) in [5.41, 5.74) is 8.43. The Morgan fingerprint density at radius 1 is 1.22 bits per heavy atom. The Balaban J connectivity index is 2.12. The first-order valence-corrected chi connectivity index (χ1v) is 9.02. The van der Waals surface area contributed by atoms with Gasteiger partial charge in [0.25, 0.3) is 0 Å². The minimum absolute atomic E-state index is 0.0385. The molecule has 5 heteroatoms. The van der Waals surface area contributed by atoms with Crippen molar-refractivity contribution in [3.8, 4) is 17.2 Å². The van der Waals surface area contributed by atoms with E-state index in [-0.39, 0.29) is 5.56 Å². The predicted octanol–water partition coefficient (Wildman–Crippen LogP) is 2.19. The molecule has 4 nitrogen and oxygen atoms in total. The van der Waals surface area contributed by atoms with E-state index in [0.29, 0.717) is 11.6 Å². The first-order valence-electron chi connectivity index (χ1n) is 9.02. The van der Waals surface area contributed by atoms with Crippen LogP contribution in [0.25, 0.3) is 23.4 Å². The molecule has 4 N–H and O–H groups in total. The Kier molecular flexibility index (Phi) is 5.90. The van der Waals surface area contributed by atoms with Crippen LogP contribution in [0.2, 0.25) is 0 Å². The third-order valence-electron chi connectivity index (χ3n) is 4.80. The van der Waals surface area contributed by atoms with Crippen molar-refractivity contribution in [2.24, 2.45) is 5.73 Å². The Bertz CT molecular complexity index is 998. The lowest BCUT2D eigenvalue weighted by Crippen LogP contribution is -2.38. The van der Waals surface area contributed by atoms with Gasteiger partial charge < -0.3 is 16.4 Å². The molecule has 1 heterocycles. The maximum atomic E-state index is 14.1. The molecule has 2 aromatic carbocycles. The number of hydrogen-bond donors (Lipinski definition) is 3. The zero-order valence-electron chi connectivity index (χ0n) is 15.1. The van der Waals surface area contributed by atoms with Crippen LogP contribution in [0, 0.1) is 17.1 Å². The van der Waals surface area contributed by atoms with E-state index in [1.807, 2.05) is 24.3 Å². The summed E-state index contributed by atoms with van der Waals surface area (Å²) in [5, 5.41) is 17.7. The number of hydrogen-bond acceptors (Lipinski definition) is 4. The van der Waals surface area contributed by atoms with Crippen LogP contribution in [0.15, 0.2) is 43.0 Å². The zero-order valence-corrected chi connectivity index (χ0v) is 15.1. The summed E-state index contributed by atoms with van der Waals surface area (Å²) < 4.78 is 14.1. The van der Waals surface area contributed by atoms with Crippen molar-refractivity contribution in [3.63, 3.8) is 0 Å². The molecule has 0 unspecified atom stereocenters. The molecule has 0 aromatic heterocycles. The molecule has 1 saturated heterocycles. The standard InChI is InChI=1S/C22H23FN4/c1-2-3-16-10-18(15-4-5-17(13-24)21(23)11-15)12-22(20(16)14-25)27-19-6-8-26-9-7-19/h2-5,10-12,14,19,26-27H,1,6-9,25H2/b16-3-,20-14+. The number of nitriles is 1. The Morgan fingerprint density at radius 2 is 2.00 bits per heavy atom. The molecule has 138 valence electrons. The minimum Gasteiger partial charge on any atom is -0.404 e. The van der Waals surface area contributed by atoms with Crippen LogP contribution in [0.1, 0.15) is 18.4 Å². The molecule has 0 radical (unpaired) electrons. The van der Waals surface area contributed by atoms with Gasteiger partial charge in [-0.2, -0.15) is 5.26 Å². The summed E-state index contributed by atoms with van der Waals surface area (Å²) in [6.45, 7) is 5.74. The smallest absolute Gasteiger partial charge is 0.141 e. The number of allylic oxidation sites excluding steroid dienone is 1. The third-order valence-corrected chi connectivity index (χ3v) is 4.80. The van der Waals surface area contributed by atoms with Gasteiger partial charge in [0.15, 0.2) is 0 Å².